The Labute approximate surface area is 166 Å². The molecule has 0 aliphatic heterocycles. The highest BCUT2D eigenvalue weighted by molar-refractivity contribution is 7.98. The van der Waals surface area contributed by atoms with E-state index in [0.29, 0.717) is 5.69 Å². The van der Waals surface area contributed by atoms with Crippen LogP contribution in [0.4, 0.5) is 5.69 Å². The summed E-state index contributed by atoms with van der Waals surface area (Å²) in [6, 6.07) is 12.1. The average Bonchev–Trinajstić information content (AvgIpc) is 2.61. The molecule has 5 nitrogen and oxygen atoms in total. The smallest absolute Gasteiger partial charge is 0.241 e. The summed E-state index contributed by atoms with van der Waals surface area (Å²) in [5.41, 5.74) is 2.46. The Bertz CT molecular complexity index is 925. The largest absolute Gasteiger partial charge is 0.325 e. The highest BCUT2D eigenvalue weighted by atomic mass is 32.2. The van der Waals surface area contributed by atoms with Gasteiger partial charge in [-0.1, -0.05) is 38.1 Å². The summed E-state index contributed by atoms with van der Waals surface area (Å²) in [6.45, 7) is 7.35. The van der Waals surface area contributed by atoms with Crippen LogP contribution >= 0.6 is 11.8 Å². The number of benzene rings is 2. The van der Waals surface area contributed by atoms with Gasteiger partial charge in [0.05, 0.1) is 10.6 Å². The van der Waals surface area contributed by atoms with Crippen LogP contribution < -0.4 is 10.0 Å². The fourth-order valence-corrected chi connectivity index (χ4v) is 4.45. The van der Waals surface area contributed by atoms with Gasteiger partial charge in [-0.05, 0) is 49.4 Å². The summed E-state index contributed by atoms with van der Waals surface area (Å²) in [4.78, 5) is 13.0. The summed E-state index contributed by atoms with van der Waals surface area (Å²) >= 11 is 1.45. The number of anilines is 1. The van der Waals surface area contributed by atoms with Crippen molar-refractivity contribution in [1.29, 1.82) is 0 Å². The molecular formula is C20H26N2O3S2. The van der Waals surface area contributed by atoms with Crippen LogP contribution in [0.25, 0.3) is 0 Å². The summed E-state index contributed by atoms with van der Waals surface area (Å²) in [7, 11) is -3.74. The summed E-state index contributed by atoms with van der Waals surface area (Å²) in [6.07, 6.45) is 1.88. The summed E-state index contributed by atoms with van der Waals surface area (Å²) in [5, 5.41) is 2.82. The maximum atomic E-state index is 12.9. The predicted octanol–water partition coefficient (Wildman–Crippen LogP) is 4.35. The van der Waals surface area contributed by atoms with Crippen molar-refractivity contribution < 1.29 is 13.2 Å². The Morgan fingerprint density at radius 2 is 1.74 bits per heavy atom. The first-order chi connectivity index (χ1) is 12.7. The molecule has 2 rings (SSSR count). The van der Waals surface area contributed by atoms with Gasteiger partial charge in [-0.2, -0.15) is 0 Å². The van der Waals surface area contributed by atoms with Gasteiger partial charge in [-0.25, -0.2) is 13.1 Å². The number of sulfonamides is 1. The quantitative estimate of drug-likeness (QED) is 0.670. The van der Waals surface area contributed by atoms with Crippen molar-refractivity contribution >= 4 is 33.4 Å². The molecule has 27 heavy (non-hydrogen) atoms. The molecule has 146 valence electrons. The van der Waals surface area contributed by atoms with E-state index in [0.717, 1.165) is 16.0 Å². The van der Waals surface area contributed by atoms with Crippen LogP contribution in [0.3, 0.4) is 0 Å². The molecule has 0 fully saturated rings. The summed E-state index contributed by atoms with van der Waals surface area (Å²) in [5.74, 6) is -0.347. The van der Waals surface area contributed by atoms with Crippen molar-refractivity contribution in [3.63, 3.8) is 0 Å². The molecule has 0 aliphatic rings. The van der Waals surface area contributed by atoms with Crippen LogP contribution in [-0.2, 0) is 14.8 Å². The molecule has 0 aromatic heterocycles. The Morgan fingerprint density at radius 1 is 1.07 bits per heavy atom. The van der Waals surface area contributed by atoms with E-state index >= 15 is 0 Å². The molecule has 0 radical (unpaired) electrons. The van der Waals surface area contributed by atoms with Crippen molar-refractivity contribution in [2.45, 2.75) is 43.5 Å². The van der Waals surface area contributed by atoms with E-state index in [1.165, 1.54) is 17.8 Å². The monoisotopic (exact) mass is 406 g/mol. The molecule has 2 aromatic carbocycles. The number of thioether (sulfide) groups is 1. The molecule has 0 aliphatic carbocycles. The molecule has 2 N–H and O–H groups in total. The molecule has 7 heteroatoms. The molecule has 0 saturated carbocycles. The van der Waals surface area contributed by atoms with Gasteiger partial charge < -0.3 is 5.32 Å². The van der Waals surface area contributed by atoms with Crippen LogP contribution in [0, 0.1) is 12.8 Å². The fraction of sp³-hybridized carbons (Fsp3) is 0.350. The highest BCUT2D eigenvalue weighted by Gasteiger charge is 2.21. The zero-order valence-corrected chi connectivity index (χ0v) is 17.9. The SMILES string of the molecule is CSc1ccc(S(=O)(=O)N[C@H](C)c2ccccc2C)cc1NC(=O)C(C)C. The number of aryl methyl sites for hydroxylation is 1. The third-order valence-corrected chi connectivity index (χ3v) is 6.58. The van der Waals surface area contributed by atoms with Gasteiger partial charge in [0.1, 0.15) is 0 Å². The van der Waals surface area contributed by atoms with E-state index in [4.69, 9.17) is 0 Å². The number of carbonyl (C=O) groups is 1. The summed E-state index contributed by atoms with van der Waals surface area (Å²) < 4.78 is 28.5. The molecule has 0 bridgehead atoms. The van der Waals surface area contributed by atoms with Crippen LogP contribution in [-0.4, -0.2) is 20.6 Å². The molecular weight excluding hydrogens is 380 g/mol. The van der Waals surface area contributed by atoms with E-state index in [-0.39, 0.29) is 22.8 Å². The van der Waals surface area contributed by atoms with Crippen LogP contribution in [0.2, 0.25) is 0 Å². The Hall–Kier alpha value is -1.83. The first-order valence-electron chi connectivity index (χ1n) is 8.72. The predicted molar refractivity (Wildman–Crippen MR) is 112 cm³/mol. The maximum absolute atomic E-state index is 12.9. The Balaban J connectivity index is 2.32. The molecule has 1 atom stereocenters. The van der Waals surface area contributed by atoms with Crippen molar-refractivity contribution in [1.82, 2.24) is 4.72 Å². The maximum Gasteiger partial charge on any atom is 0.241 e. The van der Waals surface area contributed by atoms with Gasteiger partial charge in [0.25, 0.3) is 0 Å². The first-order valence-corrected chi connectivity index (χ1v) is 11.4. The Kier molecular flexibility index (Phi) is 7.08. The van der Waals surface area contributed by atoms with Gasteiger partial charge in [0, 0.05) is 16.9 Å². The lowest BCUT2D eigenvalue weighted by molar-refractivity contribution is -0.118. The normalized spacial score (nSPS) is 12.8. The molecule has 0 spiro atoms. The first kappa shape index (κ1) is 21.5. The topological polar surface area (TPSA) is 75.3 Å². The lowest BCUT2D eigenvalue weighted by atomic mass is 10.0. The number of hydrogen-bond acceptors (Lipinski definition) is 4. The molecule has 1 amide bonds. The van der Waals surface area contributed by atoms with Gasteiger partial charge in [-0.3, -0.25) is 4.79 Å². The number of hydrogen-bond donors (Lipinski definition) is 2. The fourth-order valence-electron chi connectivity index (χ4n) is 2.67. The zero-order valence-electron chi connectivity index (χ0n) is 16.2. The number of amides is 1. The van der Waals surface area contributed by atoms with Gasteiger partial charge >= 0.3 is 0 Å². The lowest BCUT2D eigenvalue weighted by Gasteiger charge is -2.18. The molecule has 2 aromatic rings. The van der Waals surface area contributed by atoms with E-state index in [1.54, 1.807) is 26.0 Å². The lowest BCUT2D eigenvalue weighted by Crippen LogP contribution is -2.27. The standard InChI is InChI=1S/C20H26N2O3S2/c1-13(2)20(23)21-18-12-16(10-11-19(18)26-5)27(24,25)22-15(4)17-9-7-6-8-14(17)3/h6-13,15,22H,1-5H3,(H,21,23)/t15-/m1/s1. The minimum absolute atomic E-state index is 0.125. The van der Waals surface area contributed by atoms with E-state index in [1.807, 2.05) is 44.4 Å². The van der Waals surface area contributed by atoms with Gasteiger partial charge in [0.2, 0.25) is 15.9 Å². The van der Waals surface area contributed by atoms with E-state index < -0.39 is 10.0 Å². The van der Waals surface area contributed by atoms with Crippen molar-refractivity contribution in [2.75, 3.05) is 11.6 Å². The third-order valence-electron chi connectivity index (χ3n) is 4.25. The minimum atomic E-state index is -3.74. The second-order valence-corrected chi connectivity index (χ2v) is 9.27. The van der Waals surface area contributed by atoms with Crippen molar-refractivity contribution in [3.8, 4) is 0 Å². The minimum Gasteiger partial charge on any atom is -0.325 e. The van der Waals surface area contributed by atoms with Crippen molar-refractivity contribution in [2.24, 2.45) is 5.92 Å². The molecule has 0 saturated heterocycles. The van der Waals surface area contributed by atoms with Crippen LogP contribution in [0.5, 0.6) is 0 Å². The number of nitrogens with one attached hydrogen (secondary N) is 2. The number of carbonyl (C=O) groups excluding carboxylic acids is 1. The zero-order chi connectivity index (χ0) is 20.2. The highest BCUT2D eigenvalue weighted by Crippen LogP contribution is 2.29. The van der Waals surface area contributed by atoms with Crippen LogP contribution in [0.1, 0.15) is 37.9 Å². The molecule has 0 unspecified atom stereocenters. The van der Waals surface area contributed by atoms with E-state index in [2.05, 4.69) is 10.0 Å². The second-order valence-electron chi connectivity index (χ2n) is 6.71. The van der Waals surface area contributed by atoms with Gasteiger partial charge in [0.15, 0.2) is 0 Å². The van der Waals surface area contributed by atoms with Crippen molar-refractivity contribution in [3.05, 3.63) is 53.6 Å². The van der Waals surface area contributed by atoms with E-state index in [9.17, 15) is 13.2 Å². The average molecular weight is 407 g/mol. The number of rotatable bonds is 7. The van der Waals surface area contributed by atoms with Gasteiger partial charge in [-0.15, -0.1) is 11.8 Å². The molecule has 0 heterocycles. The Morgan fingerprint density at radius 3 is 2.33 bits per heavy atom. The third kappa shape index (κ3) is 5.34. The van der Waals surface area contributed by atoms with Crippen LogP contribution in [0.15, 0.2) is 52.3 Å². The second kappa shape index (κ2) is 8.91.